The van der Waals surface area contributed by atoms with Gasteiger partial charge in [0.15, 0.2) is 0 Å². The van der Waals surface area contributed by atoms with Crippen LogP contribution >= 0.6 is 0 Å². The summed E-state index contributed by atoms with van der Waals surface area (Å²) in [5.41, 5.74) is 0.786. The van der Waals surface area contributed by atoms with E-state index in [2.05, 4.69) is 5.32 Å². The smallest absolute Gasteiger partial charge is 0.227 e. The highest BCUT2D eigenvalue weighted by atomic mass is 19.1. The number of hydrogen-bond donors (Lipinski definition) is 1. The van der Waals surface area contributed by atoms with E-state index >= 15 is 0 Å². The van der Waals surface area contributed by atoms with Gasteiger partial charge in [0, 0.05) is 33.1 Å². The topological polar surface area (TPSA) is 58.6 Å². The summed E-state index contributed by atoms with van der Waals surface area (Å²) >= 11 is 0. The molecular weight excluding hydrogens is 275 g/mol. The van der Waals surface area contributed by atoms with Crippen LogP contribution < -0.4 is 10.2 Å². The lowest BCUT2D eigenvalue weighted by atomic mass is 9.99. The second kappa shape index (κ2) is 6.67. The molecule has 6 heteroatoms. The molecule has 0 unspecified atom stereocenters. The van der Waals surface area contributed by atoms with E-state index in [0.29, 0.717) is 37.4 Å². The maximum atomic E-state index is 13.4. The number of nitrogens with zero attached hydrogens (tertiary/aromatic N) is 1. The third-order valence-electron chi connectivity index (χ3n) is 3.64. The van der Waals surface area contributed by atoms with Gasteiger partial charge in [-0.3, -0.25) is 9.59 Å². The van der Waals surface area contributed by atoms with E-state index in [9.17, 15) is 14.0 Å². The molecule has 0 atom stereocenters. The van der Waals surface area contributed by atoms with E-state index in [1.807, 2.05) is 0 Å². The standard InChI is InChI=1S/C15H19FN2O3/c1-10(19)18(2)14-4-3-12(16)9-13(14)17-15(20)11-5-7-21-8-6-11/h3-4,9,11H,5-8H2,1-2H3,(H,17,20). The maximum Gasteiger partial charge on any atom is 0.227 e. The van der Waals surface area contributed by atoms with Crippen LogP contribution in [0.5, 0.6) is 0 Å². The molecule has 114 valence electrons. The normalized spacial score (nSPS) is 15.6. The van der Waals surface area contributed by atoms with E-state index in [1.165, 1.54) is 30.0 Å². The molecule has 1 fully saturated rings. The van der Waals surface area contributed by atoms with E-state index in [1.54, 1.807) is 7.05 Å². The molecule has 0 aliphatic carbocycles. The Bertz CT molecular complexity index is 542. The van der Waals surface area contributed by atoms with Crippen molar-refractivity contribution in [2.75, 3.05) is 30.5 Å². The predicted octanol–water partition coefficient (Wildman–Crippen LogP) is 2.17. The molecule has 2 rings (SSSR count). The fourth-order valence-corrected chi connectivity index (χ4v) is 2.27. The Morgan fingerprint density at radius 1 is 1.33 bits per heavy atom. The van der Waals surface area contributed by atoms with Gasteiger partial charge in [0.1, 0.15) is 5.82 Å². The Morgan fingerprint density at radius 2 is 2.00 bits per heavy atom. The minimum Gasteiger partial charge on any atom is -0.381 e. The fourth-order valence-electron chi connectivity index (χ4n) is 2.27. The molecule has 1 saturated heterocycles. The molecule has 1 aromatic rings. The highest BCUT2D eigenvalue weighted by molar-refractivity contribution is 6.00. The van der Waals surface area contributed by atoms with Crippen molar-refractivity contribution >= 4 is 23.2 Å². The van der Waals surface area contributed by atoms with Crippen LogP contribution in [-0.4, -0.2) is 32.1 Å². The van der Waals surface area contributed by atoms with Crippen molar-refractivity contribution in [3.8, 4) is 0 Å². The van der Waals surface area contributed by atoms with Gasteiger partial charge in [-0.1, -0.05) is 0 Å². The monoisotopic (exact) mass is 294 g/mol. The first kappa shape index (κ1) is 15.4. The van der Waals surface area contributed by atoms with Gasteiger partial charge in [0.2, 0.25) is 11.8 Å². The average molecular weight is 294 g/mol. The first-order chi connectivity index (χ1) is 9.99. The molecule has 1 aromatic carbocycles. The van der Waals surface area contributed by atoms with Gasteiger partial charge in [-0.25, -0.2) is 4.39 Å². The van der Waals surface area contributed by atoms with Crippen molar-refractivity contribution in [3.05, 3.63) is 24.0 Å². The summed E-state index contributed by atoms with van der Waals surface area (Å²) in [6.07, 6.45) is 1.30. The molecule has 5 nitrogen and oxygen atoms in total. The van der Waals surface area contributed by atoms with E-state index in [-0.39, 0.29) is 17.7 Å². The van der Waals surface area contributed by atoms with Crippen LogP contribution in [0.4, 0.5) is 15.8 Å². The number of amides is 2. The summed E-state index contributed by atoms with van der Waals surface area (Å²) in [5, 5.41) is 2.73. The largest absolute Gasteiger partial charge is 0.381 e. The summed E-state index contributed by atoms with van der Waals surface area (Å²) in [4.78, 5) is 25.1. The number of ether oxygens (including phenoxy) is 1. The van der Waals surface area contributed by atoms with Gasteiger partial charge >= 0.3 is 0 Å². The molecule has 1 N–H and O–H groups in total. The van der Waals surface area contributed by atoms with Crippen LogP contribution in [-0.2, 0) is 14.3 Å². The number of halogens is 1. The van der Waals surface area contributed by atoms with Gasteiger partial charge in [0.05, 0.1) is 11.4 Å². The molecule has 0 bridgehead atoms. The van der Waals surface area contributed by atoms with Crippen LogP contribution in [0.25, 0.3) is 0 Å². The third kappa shape index (κ3) is 3.78. The SMILES string of the molecule is CC(=O)N(C)c1ccc(F)cc1NC(=O)C1CCOCC1. The second-order valence-corrected chi connectivity index (χ2v) is 5.12. The summed E-state index contributed by atoms with van der Waals surface area (Å²) in [5.74, 6) is -0.958. The first-order valence-electron chi connectivity index (χ1n) is 6.91. The summed E-state index contributed by atoms with van der Waals surface area (Å²) in [6, 6.07) is 3.97. The minimum absolute atomic E-state index is 0.141. The molecule has 1 aliphatic heterocycles. The molecule has 21 heavy (non-hydrogen) atoms. The van der Waals surface area contributed by atoms with Gasteiger partial charge < -0.3 is 15.0 Å². The van der Waals surface area contributed by atoms with Crippen molar-refractivity contribution in [2.45, 2.75) is 19.8 Å². The third-order valence-corrected chi connectivity index (χ3v) is 3.64. The Morgan fingerprint density at radius 3 is 2.62 bits per heavy atom. The van der Waals surface area contributed by atoms with Crippen molar-refractivity contribution in [1.29, 1.82) is 0 Å². The highest BCUT2D eigenvalue weighted by Gasteiger charge is 2.23. The number of carbonyl (C=O) groups is 2. The van der Waals surface area contributed by atoms with Crippen molar-refractivity contribution in [3.63, 3.8) is 0 Å². The van der Waals surface area contributed by atoms with Crippen LogP contribution in [0.3, 0.4) is 0 Å². The molecule has 0 aromatic heterocycles. The predicted molar refractivity (Wildman–Crippen MR) is 77.7 cm³/mol. The Balaban J connectivity index is 2.19. The Labute approximate surface area is 123 Å². The van der Waals surface area contributed by atoms with Crippen LogP contribution in [0.1, 0.15) is 19.8 Å². The maximum absolute atomic E-state index is 13.4. The van der Waals surface area contributed by atoms with Crippen LogP contribution in [0.2, 0.25) is 0 Å². The zero-order valence-corrected chi connectivity index (χ0v) is 12.2. The van der Waals surface area contributed by atoms with Crippen molar-refractivity contribution in [2.24, 2.45) is 5.92 Å². The lowest BCUT2D eigenvalue weighted by molar-refractivity contribution is -0.122. The van der Waals surface area contributed by atoms with Gasteiger partial charge in [-0.2, -0.15) is 0 Å². The summed E-state index contributed by atoms with van der Waals surface area (Å²) in [6.45, 7) is 2.52. The number of benzene rings is 1. The fraction of sp³-hybridized carbons (Fsp3) is 0.467. The molecule has 2 amide bonds. The Hall–Kier alpha value is -1.95. The quantitative estimate of drug-likeness (QED) is 0.929. The van der Waals surface area contributed by atoms with E-state index in [0.717, 1.165) is 0 Å². The number of nitrogens with one attached hydrogen (secondary N) is 1. The molecule has 0 radical (unpaired) electrons. The number of hydrogen-bond acceptors (Lipinski definition) is 3. The van der Waals surface area contributed by atoms with E-state index < -0.39 is 5.82 Å². The zero-order chi connectivity index (χ0) is 15.4. The number of carbonyl (C=O) groups excluding carboxylic acids is 2. The van der Waals surface area contributed by atoms with Gasteiger partial charge in [-0.15, -0.1) is 0 Å². The average Bonchev–Trinajstić information content (AvgIpc) is 2.47. The summed E-state index contributed by atoms with van der Waals surface area (Å²) in [7, 11) is 1.58. The highest BCUT2D eigenvalue weighted by Crippen LogP contribution is 2.27. The number of anilines is 2. The molecule has 1 heterocycles. The second-order valence-electron chi connectivity index (χ2n) is 5.12. The first-order valence-corrected chi connectivity index (χ1v) is 6.91. The van der Waals surface area contributed by atoms with E-state index in [4.69, 9.17) is 4.74 Å². The van der Waals surface area contributed by atoms with Gasteiger partial charge in [0.25, 0.3) is 0 Å². The molecular formula is C15H19FN2O3. The number of rotatable bonds is 3. The molecule has 0 spiro atoms. The Kier molecular flexibility index (Phi) is 4.90. The lowest BCUT2D eigenvalue weighted by Crippen LogP contribution is -2.30. The van der Waals surface area contributed by atoms with Gasteiger partial charge in [-0.05, 0) is 31.0 Å². The van der Waals surface area contributed by atoms with Crippen LogP contribution in [0, 0.1) is 11.7 Å². The van der Waals surface area contributed by atoms with Crippen molar-refractivity contribution in [1.82, 2.24) is 0 Å². The zero-order valence-electron chi connectivity index (χ0n) is 12.2. The minimum atomic E-state index is -0.460. The molecule has 0 saturated carbocycles. The van der Waals surface area contributed by atoms with Crippen molar-refractivity contribution < 1.29 is 18.7 Å². The summed E-state index contributed by atoms with van der Waals surface area (Å²) < 4.78 is 18.6. The lowest BCUT2D eigenvalue weighted by Gasteiger charge is -2.23. The molecule has 1 aliphatic rings. The van der Waals surface area contributed by atoms with Crippen LogP contribution in [0.15, 0.2) is 18.2 Å².